The molecule has 1 aromatic heterocycles. The lowest BCUT2D eigenvalue weighted by Crippen LogP contribution is -2.34. The van der Waals surface area contributed by atoms with Gasteiger partial charge >= 0.3 is 0 Å². The summed E-state index contributed by atoms with van der Waals surface area (Å²) in [5.41, 5.74) is 7.40. The summed E-state index contributed by atoms with van der Waals surface area (Å²) < 4.78 is 5.32. The van der Waals surface area contributed by atoms with Crippen molar-refractivity contribution in [1.82, 2.24) is 10.1 Å². The molecule has 18 heavy (non-hydrogen) atoms. The van der Waals surface area contributed by atoms with Gasteiger partial charge in [-0.3, -0.25) is 0 Å². The fourth-order valence-corrected chi connectivity index (χ4v) is 3.11. The van der Waals surface area contributed by atoms with Gasteiger partial charge in [0.25, 0.3) is 5.89 Å². The van der Waals surface area contributed by atoms with Crippen LogP contribution in [0.25, 0.3) is 6.08 Å². The topological polar surface area (TPSA) is 64.9 Å². The van der Waals surface area contributed by atoms with Crippen LogP contribution in [0.4, 0.5) is 0 Å². The number of allylic oxidation sites excluding steroid dienone is 1. The Morgan fingerprint density at radius 1 is 1.39 bits per heavy atom. The number of nitrogens with two attached hydrogens (primary N) is 1. The Balaban J connectivity index is 1.77. The van der Waals surface area contributed by atoms with Crippen molar-refractivity contribution in [2.75, 3.05) is 0 Å². The normalized spacial score (nSPS) is 29.2. The minimum absolute atomic E-state index is 0.344. The van der Waals surface area contributed by atoms with Gasteiger partial charge in [0.2, 0.25) is 0 Å². The second kappa shape index (κ2) is 4.50. The van der Waals surface area contributed by atoms with E-state index >= 15 is 0 Å². The van der Waals surface area contributed by atoms with Crippen LogP contribution in [0.1, 0.15) is 63.6 Å². The molecule has 4 heteroatoms. The van der Waals surface area contributed by atoms with E-state index in [1.54, 1.807) is 0 Å². The zero-order valence-corrected chi connectivity index (χ0v) is 11.0. The van der Waals surface area contributed by atoms with E-state index in [0.29, 0.717) is 11.7 Å². The van der Waals surface area contributed by atoms with Gasteiger partial charge in [0.1, 0.15) is 0 Å². The Labute approximate surface area is 108 Å². The van der Waals surface area contributed by atoms with Gasteiger partial charge in [-0.1, -0.05) is 30.5 Å². The van der Waals surface area contributed by atoms with Crippen molar-refractivity contribution in [2.24, 2.45) is 11.7 Å². The average Bonchev–Trinajstić information content (AvgIpc) is 3.02. The number of hydrogen-bond donors (Lipinski definition) is 1. The zero-order valence-electron chi connectivity index (χ0n) is 11.0. The van der Waals surface area contributed by atoms with Crippen LogP contribution in [-0.4, -0.2) is 10.1 Å². The molecule has 3 rings (SSSR count). The van der Waals surface area contributed by atoms with Crippen molar-refractivity contribution < 1.29 is 4.52 Å². The lowest BCUT2D eigenvalue weighted by molar-refractivity contribution is 0.364. The molecule has 0 spiro atoms. The Morgan fingerprint density at radius 2 is 2.17 bits per heavy atom. The maximum Gasteiger partial charge on any atom is 0.250 e. The zero-order chi connectivity index (χ0) is 12.6. The third kappa shape index (κ3) is 2.21. The summed E-state index contributed by atoms with van der Waals surface area (Å²) in [7, 11) is 0. The molecule has 0 aromatic carbocycles. The fraction of sp³-hybridized carbons (Fsp3) is 0.714. The number of nitrogens with zero attached hydrogens (tertiary/aromatic N) is 2. The maximum absolute atomic E-state index is 6.32. The summed E-state index contributed by atoms with van der Waals surface area (Å²) in [6, 6.07) is 0. The van der Waals surface area contributed by atoms with E-state index in [1.165, 1.54) is 24.8 Å². The first kappa shape index (κ1) is 11.9. The van der Waals surface area contributed by atoms with E-state index < -0.39 is 0 Å². The molecule has 2 N–H and O–H groups in total. The summed E-state index contributed by atoms with van der Waals surface area (Å²) in [6.45, 7) is 2.29. The third-order valence-corrected chi connectivity index (χ3v) is 4.28. The smallest absolute Gasteiger partial charge is 0.250 e. The van der Waals surface area contributed by atoms with Crippen molar-refractivity contribution in [1.29, 1.82) is 0 Å². The number of aromatic nitrogens is 2. The van der Waals surface area contributed by atoms with Crippen LogP contribution in [0.15, 0.2) is 10.1 Å². The van der Waals surface area contributed by atoms with Crippen LogP contribution in [-0.2, 0) is 5.54 Å². The van der Waals surface area contributed by atoms with Gasteiger partial charge in [0, 0.05) is 6.08 Å². The minimum Gasteiger partial charge on any atom is -0.335 e. The highest BCUT2D eigenvalue weighted by Crippen LogP contribution is 2.35. The molecule has 0 bridgehead atoms. The van der Waals surface area contributed by atoms with Gasteiger partial charge in [0.15, 0.2) is 5.82 Å². The van der Waals surface area contributed by atoms with E-state index in [2.05, 4.69) is 23.1 Å². The predicted molar refractivity (Wildman–Crippen MR) is 69.6 cm³/mol. The first-order valence-electron chi connectivity index (χ1n) is 6.98. The van der Waals surface area contributed by atoms with Crippen LogP contribution in [0, 0.1) is 5.92 Å². The van der Waals surface area contributed by atoms with E-state index in [-0.39, 0.29) is 5.54 Å². The average molecular weight is 247 g/mol. The van der Waals surface area contributed by atoms with Crippen LogP contribution in [0.2, 0.25) is 0 Å². The van der Waals surface area contributed by atoms with Crippen molar-refractivity contribution in [3.63, 3.8) is 0 Å². The van der Waals surface area contributed by atoms with E-state index in [0.717, 1.165) is 31.6 Å². The highest BCUT2D eigenvalue weighted by Gasteiger charge is 2.35. The van der Waals surface area contributed by atoms with Crippen molar-refractivity contribution in [3.8, 4) is 0 Å². The first-order chi connectivity index (χ1) is 8.66. The van der Waals surface area contributed by atoms with Crippen LogP contribution < -0.4 is 5.73 Å². The Bertz CT molecular complexity index is 457. The molecule has 4 nitrogen and oxygen atoms in total. The number of hydrogen-bond acceptors (Lipinski definition) is 4. The van der Waals surface area contributed by atoms with E-state index in [1.807, 2.05) is 0 Å². The lowest BCUT2D eigenvalue weighted by atomic mass is 9.99. The fourth-order valence-electron chi connectivity index (χ4n) is 3.11. The maximum atomic E-state index is 6.32. The standard InChI is InChI=1S/C14H21N3O/c1-10-4-5-11(8-10)9-12-16-13(17-18-12)14(15)6-2-3-7-14/h9-10H,2-8,15H2,1H3/b11-9-. The van der Waals surface area contributed by atoms with Crippen molar-refractivity contribution >= 4 is 6.08 Å². The second-order valence-electron chi connectivity index (χ2n) is 5.97. The van der Waals surface area contributed by atoms with Gasteiger partial charge < -0.3 is 10.3 Å². The summed E-state index contributed by atoms with van der Waals surface area (Å²) in [5, 5.41) is 4.08. The molecule has 2 aliphatic carbocycles. The van der Waals surface area contributed by atoms with Crippen molar-refractivity contribution in [2.45, 2.75) is 57.4 Å². The molecule has 1 heterocycles. The number of rotatable bonds is 2. The predicted octanol–water partition coefficient (Wildman–Crippen LogP) is 3.00. The molecule has 1 atom stereocenters. The van der Waals surface area contributed by atoms with Gasteiger partial charge in [-0.15, -0.1) is 0 Å². The van der Waals surface area contributed by atoms with Crippen LogP contribution >= 0.6 is 0 Å². The van der Waals surface area contributed by atoms with Gasteiger partial charge in [-0.25, -0.2) is 0 Å². The minimum atomic E-state index is -0.344. The quantitative estimate of drug-likeness (QED) is 0.872. The van der Waals surface area contributed by atoms with Gasteiger partial charge in [-0.05, 0) is 38.0 Å². The van der Waals surface area contributed by atoms with Gasteiger partial charge in [-0.2, -0.15) is 4.98 Å². The monoisotopic (exact) mass is 247 g/mol. The summed E-state index contributed by atoms with van der Waals surface area (Å²) >= 11 is 0. The Hall–Kier alpha value is -1.16. The Morgan fingerprint density at radius 3 is 2.83 bits per heavy atom. The Kier molecular flexibility index (Phi) is 2.98. The molecule has 0 aliphatic heterocycles. The first-order valence-corrected chi connectivity index (χ1v) is 6.98. The molecule has 0 radical (unpaired) electrons. The van der Waals surface area contributed by atoms with Gasteiger partial charge in [0.05, 0.1) is 5.54 Å². The van der Waals surface area contributed by atoms with Crippen molar-refractivity contribution in [3.05, 3.63) is 17.3 Å². The molecule has 98 valence electrons. The second-order valence-corrected chi connectivity index (χ2v) is 5.97. The van der Waals surface area contributed by atoms with Crippen LogP contribution in [0.3, 0.4) is 0 Å². The molecule has 1 unspecified atom stereocenters. The van der Waals surface area contributed by atoms with Crippen LogP contribution in [0.5, 0.6) is 0 Å². The summed E-state index contributed by atoms with van der Waals surface area (Å²) in [6.07, 6.45) is 9.92. The highest BCUT2D eigenvalue weighted by atomic mass is 16.5. The molecule has 2 fully saturated rings. The summed E-state index contributed by atoms with van der Waals surface area (Å²) in [5.74, 6) is 2.11. The molecule has 1 aromatic rings. The molecular weight excluding hydrogens is 226 g/mol. The molecule has 2 aliphatic rings. The molecule has 2 saturated carbocycles. The van der Waals surface area contributed by atoms with E-state index in [4.69, 9.17) is 10.3 Å². The molecular formula is C14H21N3O. The molecule has 0 amide bonds. The SMILES string of the molecule is CC1CC/C(=C/c2nc(C3(N)CCCC3)no2)C1. The highest BCUT2D eigenvalue weighted by molar-refractivity contribution is 5.44. The van der Waals surface area contributed by atoms with E-state index in [9.17, 15) is 0 Å². The summed E-state index contributed by atoms with van der Waals surface area (Å²) in [4.78, 5) is 4.47. The largest absolute Gasteiger partial charge is 0.335 e. The lowest BCUT2D eigenvalue weighted by Gasteiger charge is -2.17. The third-order valence-electron chi connectivity index (χ3n) is 4.28. The molecule has 0 saturated heterocycles.